The zero-order valence-corrected chi connectivity index (χ0v) is 30.0. The average molecular weight is 694 g/mol. The van der Waals surface area contributed by atoms with Crippen molar-refractivity contribution >= 4 is 29.5 Å². The van der Waals surface area contributed by atoms with Gasteiger partial charge in [-0.05, 0) is 74.3 Å². The van der Waals surface area contributed by atoms with Crippen molar-refractivity contribution in [1.29, 1.82) is 0 Å². The van der Waals surface area contributed by atoms with Crippen LogP contribution >= 0.6 is 0 Å². The fraction of sp³-hybridized carbons (Fsp3) is 0.583. The summed E-state index contributed by atoms with van der Waals surface area (Å²) in [6, 6.07) is 9.81. The van der Waals surface area contributed by atoms with Gasteiger partial charge in [0.2, 0.25) is 6.43 Å². The predicted octanol–water partition coefficient (Wildman–Crippen LogP) is 8.11. The third-order valence-corrected chi connectivity index (χ3v) is 6.96. The molecule has 0 saturated heterocycles. The number of hydrogen-bond acceptors (Lipinski definition) is 8. The van der Waals surface area contributed by atoms with Crippen LogP contribution in [0.15, 0.2) is 36.4 Å². The van der Waals surface area contributed by atoms with E-state index in [0.29, 0.717) is 0 Å². The number of alkyl halides is 2. The van der Waals surface area contributed by atoms with Crippen LogP contribution in [-0.2, 0) is 32.0 Å². The van der Waals surface area contributed by atoms with Crippen LogP contribution in [0.5, 0.6) is 5.75 Å². The van der Waals surface area contributed by atoms with Crippen LogP contribution in [-0.4, -0.2) is 72.0 Å². The van der Waals surface area contributed by atoms with E-state index in [1.165, 1.54) is 15.9 Å². The quantitative estimate of drug-likeness (QED) is 0.176. The second kappa shape index (κ2) is 16.0. The summed E-state index contributed by atoms with van der Waals surface area (Å²) in [6.07, 6.45) is -4.64. The maximum absolute atomic E-state index is 16.6. The van der Waals surface area contributed by atoms with Gasteiger partial charge in [0.05, 0.1) is 11.7 Å². The highest BCUT2D eigenvalue weighted by molar-refractivity contribution is 5.93. The van der Waals surface area contributed by atoms with Crippen molar-refractivity contribution in [3.63, 3.8) is 0 Å². The molecule has 1 aliphatic rings. The summed E-state index contributed by atoms with van der Waals surface area (Å²) in [6.45, 7) is 14.7. The first-order valence-electron chi connectivity index (χ1n) is 16.4. The Balaban J connectivity index is 2.07. The molecule has 0 aliphatic carbocycles. The number of carbonyl (C=O) groups is 3. The van der Waals surface area contributed by atoms with Gasteiger partial charge in [-0.2, -0.15) is 0 Å². The largest absolute Gasteiger partial charge is 0.487 e. The molecular weight excluding hydrogens is 643 g/mol. The van der Waals surface area contributed by atoms with E-state index in [9.17, 15) is 23.2 Å². The van der Waals surface area contributed by atoms with Gasteiger partial charge in [0, 0.05) is 37.6 Å². The van der Waals surface area contributed by atoms with E-state index in [-0.39, 0.29) is 61.8 Å². The van der Waals surface area contributed by atoms with E-state index < -0.39 is 59.7 Å². The molecule has 0 aromatic heterocycles. The normalized spacial score (nSPS) is 14.7. The highest BCUT2D eigenvalue weighted by Crippen LogP contribution is 2.44. The SMILES string of the molecule is CC(C)(C)OC(=O)CNc1c(OCc2ccccc2)cc2c(c1F)C[C@H](CN(CCCC(F)F)C(=O)OC(C)(C)C)N2C(=O)OC(C)(C)C. The third kappa shape index (κ3) is 12.3. The van der Waals surface area contributed by atoms with E-state index in [1.807, 2.05) is 30.3 Å². The number of hydrogen-bond donors (Lipinski definition) is 1. The molecule has 2 aromatic rings. The molecule has 1 N–H and O–H groups in total. The fourth-order valence-corrected chi connectivity index (χ4v) is 5.12. The number of rotatable bonds is 12. The minimum absolute atomic E-state index is 0.0203. The van der Waals surface area contributed by atoms with E-state index >= 15 is 4.39 Å². The smallest absolute Gasteiger partial charge is 0.415 e. The summed E-state index contributed by atoms with van der Waals surface area (Å²) >= 11 is 0. The molecular formula is C36H50F3N3O7. The van der Waals surface area contributed by atoms with Gasteiger partial charge in [0.1, 0.15) is 41.4 Å². The zero-order valence-electron chi connectivity index (χ0n) is 30.0. The number of benzene rings is 2. The molecule has 1 heterocycles. The topological polar surface area (TPSA) is 107 Å². The number of ether oxygens (including phenoxy) is 4. The molecule has 2 amide bonds. The summed E-state index contributed by atoms with van der Waals surface area (Å²) in [7, 11) is 0. The Morgan fingerprint density at radius 2 is 1.55 bits per heavy atom. The van der Waals surface area contributed by atoms with E-state index in [0.717, 1.165) is 5.56 Å². The Morgan fingerprint density at radius 1 is 0.939 bits per heavy atom. The third-order valence-electron chi connectivity index (χ3n) is 6.96. The first-order chi connectivity index (χ1) is 22.6. The van der Waals surface area contributed by atoms with Crippen molar-refractivity contribution in [3.05, 3.63) is 53.3 Å². The van der Waals surface area contributed by atoms with E-state index in [2.05, 4.69) is 5.32 Å². The van der Waals surface area contributed by atoms with Crippen LogP contribution in [0.3, 0.4) is 0 Å². The lowest BCUT2D eigenvalue weighted by Gasteiger charge is -2.33. The number of nitrogens with zero attached hydrogens (tertiary/aromatic N) is 2. The molecule has 272 valence electrons. The first-order valence-corrected chi connectivity index (χ1v) is 16.4. The van der Waals surface area contributed by atoms with Gasteiger partial charge in [-0.1, -0.05) is 30.3 Å². The number of carbonyl (C=O) groups excluding carboxylic acids is 3. The average Bonchev–Trinajstić information content (AvgIpc) is 3.31. The summed E-state index contributed by atoms with van der Waals surface area (Å²) in [5.41, 5.74) is -1.62. The summed E-state index contributed by atoms with van der Waals surface area (Å²) < 4.78 is 65.5. The Labute approximate surface area is 287 Å². The van der Waals surface area contributed by atoms with Gasteiger partial charge < -0.3 is 29.2 Å². The van der Waals surface area contributed by atoms with Crippen LogP contribution in [0, 0.1) is 5.82 Å². The number of anilines is 2. The van der Waals surface area contributed by atoms with Crippen LogP contribution in [0.4, 0.5) is 34.1 Å². The molecule has 2 aromatic carbocycles. The summed E-state index contributed by atoms with van der Waals surface area (Å²) in [5, 5.41) is 2.83. The van der Waals surface area contributed by atoms with Crippen molar-refractivity contribution < 1.29 is 46.5 Å². The molecule has 1 atom stereocenters. The Kier molecular flexibility index (Phi) is 12.9. The van der Waals surface area contributed by atoms with Crippen molar-refractivity contribution in [2.45, 2.75) is 117 Å². The van der Waals surface area contributed by atoms with Gasteiger partial charge in [-0.3, -0.25) is 9.69 Å². The van der Waals surface area contributed by atoms with Gasteiger partial charge in [0.15, 0.2) is 5.82 Å². The highest BCUT2D eigenvalue weighted by atomic mass is 19.3. The molecule has 0 bridgehead atoms. The number of fused-ring (bicyclic) bond motifs is 1. The van der Waals surface area contributed by atoms with Crippen molar-refractivity contribution in [2.75, 3.05) is 29.9 Å². The Morgan fingerprint density at radius 3 is 2.12 bits per heavy atom. The molecule has 0 radical (unpaired) electrons. The Bertz CT molecular complexity index is 1450. The van der Waals surface area contributed by atoms with Crippen molar-refractivity contribution in [1.82, 2.24) is 4.90 Å². The molecule has 0 spiro atoms. The standard InChI is InChI=1S/C36H50F3N3O7/c1-34(2,3)47-29(43)20-40-31-27(46-22-23-14-11-10-12-15-23)19-26-25(30(31)39)18-24(42(26)33(45)49-36(7,8)9)21-41(17-13-16-28(37)38)32(44)48-35(4,5)6/h10-12,14-15,19,24,28,40H,13,16-18,20-22H2,1-9H3/t24-/m1/s1. The lowest BCUT2D eigenvalue weighted by atomic mass is 10.1. The number of nitrogens with one attached hydrogen (secondary N) is 1. The zero-order chi connectivity index (χ0) is 36.7. The summed E-state index contributed by atoms with van der Waals surface area (Å²) in [5.74, 6) is -1.35. The summed E-state index contributed by atoms with van der Waals surface area (Å²) in [4.78, 5) is 42.2. The van der Waals surface area contributed by atoms with Crippen LogP contribution < -0.4 is 15.0 Å². The van der Waals surface area contributed by atoms with Gasteiger partial charge in [0.25, 0.3) is 0 Å². The molecule has 3 rings (SSSR count). The lowest BCUT2D eigenvalue weighted by molar-refractivity contribution is -0.152. The number of halogens is 3. The number of amides is 2. The molecule has 49 heavy (non-hydrogen) atoms. The minimum atomic E-state index is -2.57. The fourth-order valence-electron chi connectivity index (χ4n) is 5.12. The van der Waals surface area contributed by atoms with Gasteiger partial charge >= 0.3 is 18.2 Å². The number of esters is 1. The second-order valence-electron chi connectivity index (χ2n) is 14.9. The van der Waals surface area contributed by atoms with Crippen LogP contribution in [0.1, 0.15) is 86.3 Å². The Hall–Kier alpha value is -4.16. The molecule has 0 fully saturated rings. The first kappa shape index (κ1) is 39.3. The maximum Gasteiger partial charge on any atom is 0.415 e. The van der Waals surface area contributed by atoms with Crippen molar-refractivity contribution in [3.8, 4) is 5.75 Å². The van der Waals surface area contributed by atoms with E-state index in [1.54, 1.807) is 62.3 Å². The van der Waals surface area contributed by atoms with Gasteiger partial charge in [-0.25, -0.2) is 22.8 Å². The van der Waals surface area contributed by atoms with Crippen LogP contribution in [0.25, 0.3) is 0 Å². The maximum atomic E-state index is 16.6. The second-order valence-corrected chi connectivity index (χ2v) is 14.9. The van der Waals surface area contributed by atoms with Crippen LogP contribution in [0.2, 0.25) is 0 Å². The van der Waals surface area contributed by atoms with E-state index in [4.69, 9.17) is 18.9 Å². The molecule has 10 nitrogen and oxygen atoms in total. The highest BCUT2D eigenvalue weighted by Gasteiger charge is 2.42. The van der Waals surface area contributed by atoms with Gasteiger partial charge in [-0.15, -0.1) is 0 Å². The molecule has 1 aliphatic heterocycles. The predicted molar refractivity (Wildman–Crippen MR) is 181 cm³/mol. The molecule has 0 saturated carbocycles. The van der Waals surface area contributed by atoms with Crippen molar-refractivity contribution in [2.24, 2.45) is 0 Å². The minimum Gasteiger partial charge on any atom is -0.487 e. The molecule has 13 heteroatoms. The monoisotopic (exact) mass is 693 g/mol. The lowest BCUT2D eigenvalue weighted by Crippen LogP contribution is -2.49. The molecule has 0 unspecified atom stereocenters.